The average Bonchev–Trinajstić information content (AvgIpc) is 2.37. The van der Waals surface area contributed by atoms with E-state index >= 15 is 0 Å². The van der Waals surface area contributed by atoms with Crippen molar-refractivity contribution in [3.05, 3.63) is 69.7 Å². The zero-order valence-electron chi connectivity index (χ0n) is 10.1. The highest BCUT2D eigenvalue weighted by Crippen LogP contribution is 2.33. The fourth-order valence-corrected chi connectivity index (χ4v) is 1.93. The second-order valence-electron chi connectivity index (χ2n) is 4.12. The van der Waals surface area contributed by atoms with Crippen molar-refractivity contribution in [2.45, 2.75) is 6.18 Å². The van der Waals surface area contributed by atoms with Crippen LogP contribution >= 0.6 is 11.6 Å². The molecular weight excluding hydrogens is 315 g/mol. The van der Waals surface area contributed by atoms with Crippen LogP contribution < -0.4 is 0 Å². The Morgan fingerprint density at radius 1 is 1.00 bits per heavy atom. The number of carbonyl (C=O) groups excluding carboxylic acids is 1. The summed E-state index contributed by atoms with van der Waals surface area (Å²) < 4.78 is 64.9. The van der Waals surface area contributed by atoms with Gasteiger partial charge in [-0.05, 0) is 30.3 Å². The molecule has 21 heavy (non-hydrogen) atoms. The first-order valence-electron chi connectivity index (χ1n) is 5.57. The minimum atomic E-state index is -4.70. The molecule has 2 aromatic rings. The van der Waals surface area contributed by atoms with Crippen molar-refractivity contribution >= 4 is 17.4 Å². The number of hydrogen-bond acceptors (Lipinski definition) is 1. The monoisotopic (exact) mass is 320 g/mol. The van der Waals surface area contributed by atoms with Crippen LogP contribution in [0.5, 0.6) is 0 Å². The highest BCUT2D eigenvalue weighted by molar-refractivity contribution is 6.35. The zero-order valence-corrected chi connectivity index (χ0v) is 10.9. The maximum Gasteiger partial charge on any atom is 0.416 e. The molecule has 0 unspecified atom stereocenters. The third-order valence-corrected chi connectivity index (χ3v) is 3.06. The quantitative estimate of drug-likeness (QED) is 0.570. The van der Waals surface area contributed by atoms with E-state index in [4.69, 9.17) is 11.6 Å². The summed E-state index contributed by atoms with van der Waals surface area (Å²) in [6.07, 6.45) is -4.70. The highest BCUT2D eigenvalue weighted by atomic mass is 35.5. The minimum Gasteiger partial charge on any atom is -0.288 e. The Hall–Kier alpha value is -1.95. The number of alkyl halides is 3. The number of halogens is 6. The van der Waals surface area contributed by atoms with Crippen LogP contribution in [-0.4, -0.2) is 5.78 Å². The predicted molar refractivity (Wildman–Crippen MR) is 66.2 cm³/mol. The standard InChI is InChI=1S/C14H6ClF5O/c15-9-5-4-7(14(18,19)20)6-8(9)13(21)12-10(16)2-1-3-11(12)17/h1-6H. The van der Waals surface area contributed by atoms with E-state index in [0.717, 1.165) is 24.3 Å². The molecule has 0 bridgehead atoms. The Labute approximate surface area is 121 Å². The normalized spacial score (nSPS) is 11.5. The molecule has 0 radical (unpaired) electrons. The molecule has 0 aliphatic rings. The fourth-order valence-electron chi connectivity index (χ4n) is 1.73. The van der Waals surface area contributed by atoms with Crippen LogP contribution in [-0.2, 0) is 6.18 Å². The minimum absolute atomic E-state index is 0.323. The molecule has 7 heteroatoms. The van der Waals surface area contributed by atoms with E-state index in [1.54, 1.807) is 0 Å². The van der Waals surface area contributed by atoms with Gasteiger partial charge in [0.2, 0.25) is 0 Å². The lowest BCUT2D eigenvalue weighted by Gasteiger charge is -2.10. The summed E-state index contributed by atoms with van der Waals surface area (Å²) in [6, 6.07) is 4.70. The van der Waals surface area contributed by atoms with Crippen molar-refractivity contribution in [3.63, 3.8) is 0 Å². The highest BCUT2D eigenvalue weighted by Gasteiger charge is 2.32. The molecule has 0 heterocycles. The maximum atomic E-state index is 13.5. The van der Waals surface area contributed by atoms with Gasteiger partial charge in [0, 0.05) is 5.56 Å². The summed E-state index contributed by atoms with van der Waals surface area (Å²) in [5, 5.41) is -0.323. The molecule has 0 N–H and O–H groups in total. The lowest BCUT2D eigenvalue weighted by Crippen LogP contribution is -2.11. The molecule has 1 nitrogen and oxygen atoms in total. The molecule has 110 valence electrons. The SMILES string of the molecule is O=C(c1cc(C(F)(F)F)ccc1Cl)c1c(F)cccc1F. The second kappa shape index (κ2) is 5.44. The number of hydrogen-bond donors (Lipinski definition) is 0. The van der Waals surface area contributed by atoms with Crippen LogP contribution in [0.25, 0.3) is 0 Å². The Bertz CT molecular complexity index is 689. The number of ketones is 1. The summed E-state index contributed by atoms with van der Waals surface area (Å²) in [6.45, 7) is 0. The Morgan fingerprint density at radius 2 is 1.57 bits per heavy atom. The van der Waals surface area contributed by atoms with Gasteiger partial charge >= 0.3 is 6.18 Å². The smallest absolute Gasteiger partial charge is 0.288 e. The molecule has 0 fully saturated rings. The van der Waals surface area contributed by atoms with E-state index < -0.39 is 40.3 Å². The summed E-state index contributed by atoms with van der Waals surface area (Å²) in [4.78, 5) is 12.1. The predicted octanol–water partition coefficient (Wildman–Crippen LogP) is 4.87. The Balaban J connectivity index is 2.59. The lowest BCUT2D eigenvalue weighted by molar-refractivity contribution is -0.137. The Morgan fingerprint density at radius 3 is 2.10 bits per heavy atom. The molecule has 2 rings (SSSR count). The number of benzene rings is 2. The zero-order chi connectivity index (χ0) is 15.8. The van der Waals surface area contributed by atoms with Crippen LogP contribution in [0.2, 0.25) is 5.02 Å². The van der Waals surface area contributed by atoms with Gasteiger partial charge in [-0.3, -0.25) is 4.79 Å². The largest absolute Gasteiger partial charge is 0.416 e. The van der Waals surface area contributed by atoms with E-state index in [1.165, 1.54) is 0 Å². The first kappa shape index (κ1) is 15.4. The van der Waals surface area contributed by atoms with Crippen LogP contribution in [0.1, 0.15) is 21.5 Å². The summed E-state index contributed by atoms with van der Waals surface area (Å²) in [5.74, 6) is -3.59. The van der Waals surface area contributed by atoms with E-state index in [2.05, 4.69) is 0 Å². The first-order chi connectivity index (χ1) is 9.71. The van der Waals surface area contributed by atoms with Gasteiger partial charge in [0.1, 0.15) is 11.6 Å². The molecule has 0 atom stereocenters. The number of carbonyl (C=O) groups is 1. The van der Waals surface area contributed by atoms with Gasteiger partial charge in [0.25, 0.3) is 0 Å². The van der Waals surface area contributed by atoms with E-state index in [1.807, 2.05) is 0 Å². The second-order valence-corrected chi connectivity index (χ2v) is 4.53. The van der Waals surface area contributed by atoms with Gasteiger partial charge in [0.15, 0.2) is 5.78 Å². The fraction of sp³-hybridized carbons (Fsp3) is 0.0714. The molecule has 0 aliphatic carbocycles. The molecule has 0 amide bonds. The van der Waals surface area contributed by atoms with Crippen molar-refractivity contribution in [2.75, 3.05) is 0 Å². The van der Waals surface area contributed by atoms with E-state index in [0.29, 0.717) is 12.1 Å². The van der Waals surface area contributed by atoms with Gasteiger partial charge in [-0.1, -0.05) is 17.7 Å². The van der Waals surface area contributed by atoms with Crippen LogP contribution in [0.4, 0.5) is 22.0 Å². The van der Waals surface area contributed by atoms with Gasteiger partial charge in [-0.25, -0.2) is 8.78 Å². The summed E-state index contributed by atoms with van der Waals surface area (Å²) >= 11 is 5.66. The summed E-state index contributed by atoms with van der Waals surface area (Å²) in [7, 11) is 0. The van der Waals surface area contributed by atoms with Crippen molar-refractivity contribution < 1.29 is 26.7 Å². The van der Waals surface area contributed by atoms with Crippen molar-refractivity contribution in [1.82, 2.24) is 0 Å². The molecule has 0 saturated carbocycles. The number of rotatable bonds is 2. The lowest BCUT2D eigenvalue weighted by atomic mass is 10.00. The Kier molecular flexibility index (Phi) is 4.00. The van der Waals surface area contributed by atoms with E-state index in [9.17, 15) is 26.7 Å². The molecular formula is C14H6ClF5O. The van der Waals surface area contributed by atoms with Gasteiger partial charge in [-0.2, -0.15) is 13.2 Å². The maximum absolute atomic E-state index is 13.5. The van der Waals surface area contributed by atoms with Gasteiger partial charge < -0.3 is 0 Å². The molecule has 2 aromatic carbocycles. The van der Waals surface area contributed by atoms with Gasteiger partial charge in [0.05, 0.1) is 16.1 Å². The first-order valence-corrected chi connectivity index (χ1v) is 5.95. The molecule has 0 spiro atoms. The average molecular weight is 321 g/mol. The topological polar surface area (TPSA) is 17.1 Å². The summed E-state index contributed by atoms with van der Waals surface area (Å²) in [5.41, 5.74) is -2.69. The van der Waals surface area contributed by atoms with Crippen LogP contribution in [0.3, 0.4) is 0 Å². The van der Waals surface area contributed by atoms with Crippen LogP contribution in [0, 0.1) is 11.6 Å². The van der Waals surface area contributed by atoms with Crippen molar-refractivity contribution in [1.29, 1.82) is 0 Å². The molecule has 0 aromatic heterocycles. The third kappa shape index (κ3) is 3.05. The van der Waals surface area contributed by atoms with Crippen molar-refractivity contribution in [3.8, 4) is 0 Å². The van der Waals surface area contributed by atoms with Gasteiger partial charge in [-0.15, -0.1) is 0 Å². The third-order valence-electron chi connectivity index (χ3n) is 2.73. The van der Waals surface area contributed by atoms with E-state index in [-0.39, 0.29) is 5.02 Å². The van der Waals surface area contributed by atoms with Crippen molar-refractivity contribution in [2.24, 2.45) is 0 Å². The van der Waals surface area contributed by atoms with Crippen LogP contribution in [0.15, 0.2) is 36.4 Å². The molecule has 0 saturated heterocycles. The molecule has 0 aliphatic heterocycles.